The van der Waals surface area contributed by atoms with Gasteiger partial charge in [0.25, 0.3) is 0 Å². The lowest BCUT2D eigenvalue weighted by atomic mass is 9.95. The Morgan fingerprint density at radius 1 is 1.64 bits per heavy atom. The monoisotopic (exact) mass is 196 g/mol. The number of nitrogens with zero attached hydrogens (tertiary/aromatic N) is 2. The van der Waals surface area contributed by atoms with E-state index in [1.54, 1.807) is 4.68 Å². The molecule has 1 aromatic heterocycles. The molecule has 0 spiro atoms. The third kappa shape index (κ3) is 2.56. The topological polar surface area (TPSA) is 55.9 Å². The first-order valence-electron chi connectivity index (χ1n) is 5.14. The Morgan fingerprint density at radius 3 is 2.79 bits per heavy atom. The van der Waals surface area contributed by atoms with E-state index < -0.39 is 0 Å². The van der Waals surface area contributed by atoms with Gasteiger partial charge in [-0.2, -0.15) is 5.10 Å². The van der Waals surface area contributed by atoms with Crippen molar-refractivity contribution in [1.29, 1.82) is 0 Å². The molecular weight excluding hydrogens is 176 g/mol. The molecule has 3 N–H and O–H groups in total. The number of hydrogen-bond donors (Lipinski definition) is 2. The largest absolute Gasteiger partial charge is 0.275 e. The van der Waals surface area contributed by atoms with E-state index in [2.05, 4.69) is 24.4 Å². The smallest absolute Gasteiger partial charge is 0.0810 e. The summed E-state index contributed by atoms with van der Waals surface area (Å²) >= 11 is 0. The molecule has 0 aliphatic rings. The third-order valence-corrected chi connectivity index (χ3v) is 2.55. The molecule has 2 unspecified atom stereocenters. The third-order valence-electron chi connectivity index (χ3n) is 2.55. The second-order valence-electron chi connectivity index (χ2n) is 3.82. The molecule has 1 rings (SSSR count). The molecule has 0 bridgehead atoms. The van der Waals surface area contributed by atoms with E-state index in [1.165, 1.54) is 6.42 Å². The van der Waals surface area contributed by atoms with Crippen LogP contribution in [-0.4, -0.2) is 9.78 Å². The summed E-state index contributed by atoms with van der Waals surface area (Å²) in [5, 5.41) is 4.36. The zero-order valence-corrected chi connectivity index (χ0v) is 9.20. The number of hydrogen-bond acceptors (Lipinski definition) is 3. The summed E-state index contributed by atoms with van der Waals surface area (Å²) in [7, 11) is 1.92. The van der Waals surface area contributed by atoms with Crippen molar-refractivity contribution in [2.45, 2.75) is 32.7 Å². The second kappa shape index (κ2) is 5.12. The summed E-state index contributed by atoms with van der Waals surface area (Å²) in [6.45, 7) is 4.38. The molecule has 4 nitrogen and oxygen atoms in total. The average Bonchev–Trinajstić information content (AvgIpc) is 2.54. The van der Waals surface area contributed by atoms with Crippen molar-refractivity contribution in [3.8, 4) is 0 Å². The molecule has 4 heteroatoms. The minimum Gasteiger partial charge on any atom is -0.275 e. The normalized spacial score (nSPS) is 15.4. The van der Waals surface area contributed by atoms with E-state index >= 15 is 0 Å². The van der Waals surface area contributed by atoms with Crippen LogP contribution in [0.25, 0.3) is 0 Å². The van der Waals surface area contributed by atoms with Crippen molar-refractivity contribution < 1.29 is 0 Å². The van der Waals surface area contributed by atoms with Crippen molar-refractivity contribution in [2.24, 2.45) is 18.8 Å². The Labute approximate surface area is 85.5 Å². The van der Waals surface area contributed by atoms with E-state index in [1.807, 2.05) is 19.3 Å². The van der Waals surface area contributed by atoms with E-state index in [0.717, 1.165) is 12.1 Å². The van der Waals surface area contributed by atoms with Gasteiger partial charge < -0.3 is 0 Å². The zero-order valence-electron chi connectivity index (χ0n) is 9.20. The highest BCUT2D eigenvalue weighted by atomic mass is 15.3. The van der Waals surface area contributed by atoms with Crippen LogP contribution >= 0.6 is 0 Å². The predicted octanol–water partition coefficient (Wildman–Crippen LogP) is 1.36. The number of hydrazine groups is 1. The van der Waals surface area contributed by atoms with Crippen molar-refractivity contribution in [2.75, 3.05) is 0 Å². The van der Waals surface area contributed by atoms with Gasteiger partial charge in [0.15, 0.2) is 0 Å². The minimum atomic E-state index is 0.163. The van der Waals surface area contributed by atoms with Crippen molar-refractivity contribution in [1.82, 2.24) is 15.2 Å². The van der Waals surface area contributed by atoms with E-state index in [4.69, 9.17) is 5.84 Å². The standard InChI is InChI=1S/C10H20N4/c1-4-5-8(2)10(12-11)9-6-7-14(3)13-9/h6-8,10,12H,4-5,11H2,1-3H3. The number of nitrogens with two attached hydrogens (primary N) is 1. The maximum atomic E-state index is 5.55. The Bertz CT molecular complexity index is 269. The highest BCUT2D eigenvalue weighted by Gasteiger charge is 2.19. The maximum Gasteiger partial charge on any atom is 0.0810 e. The molecule has 0 radical (unpaired) electrons. The molecule has 0 saturated carbocycles. The van der Waals surface area contributed by atoms with Crippen LogP contribution in [0.1, 0.15) is 38.4 Å². The molecule has 0 aliphatic carbocycles. The molecule has 0 fully saturated rings. The van der Waals surface area contributed by atoms with Crippen LogP contribution in [0.15, 0.2) is 12.3 Å². The second-order valence-corrected chi connectivity index (χ2v) is 3.82. The average molecular weight is 196 g/mol. The summed E-state index contributed by atoms with van der Waals surface area (Å²) < 4.78 is 1.80. The quantitative estimate of drug-likeness (QED) is 0.552. The number of nitrogens with one attached hydrogen (secondary N) is 1. The molecular formula is C10H20N4. The van der Waals surface area contributed by atoms with Crippen molar-refractivity contribution in [3.05, 3.63) is 18.0 Å². The van der Waals surface area contributed by atoms with Crippen LogP contribution < -0.4 is 11.3 Å². The van der Waals surface area contributed by atoms with Gasteiger partial charge in [-0.25, -0.2) is 0 Å². The fourth-order valence-electron chi connectivity index (χ4n) is 1.76. The number of aryl methyl sites for hydroxylation is 1. The molecule has 2 atom stereocenters. The molecule has 14 heavy (non-hydrogen) atoms. The lowest BCUT2D eigenvalue weighted by Gasteiger charge is -2.20. The molecule has 0 aromatic carbocycles. The molecule has 0 amide bonds. The van der Waals surface area contributed by atoms with Gasteiger partial charge in [-0.3, -0.25) is 16.0 Å². The first-order chi connectivity index (χ1) is 6.69. The Balaban J connectivity index is 2.71. The van der Waals surface area contributed by atoms with Gasteiger partial charge in [-0.1, -0.05) is 20.3 Å². The van der Waals surface area contributed by atoms with E-state index in [9.17, 15) is 0 Å². The zero-order chi connectivity index (χ0) is 10.6. The Kier molecular flexibility index (Phi) is 4.10. The van der Waals surface area contributed by atoms with Crippen LogP contribution in [0.4, 0.5) is 0 Å². The molecule has 1 aromatic rings. The van der Waals surface area contributed by atoms with Gasteiger partial charge in [0, 0.05) is 13.2 Å². The van der Waals surface area contributed by atoms with Gasteiger partial charge >= 0.3 is 0 Å². The lowest BCUT2D eigenvalue weighted by molar-refractivity contribution is 0.359. The summed E-state index contributed by atoms with van der Waals surface area (Å²) in [5.41, 5.74) is 3.86. The van der Waals surface area contributed by atoms with Gasteiger partial charge in [-0.15, -0.1) is 0 Å². The highest BCUT2D eigenvalue weighted by molar-refractivity contribution is 5.06. The first kappa shape index (κ1) is 11.2. The van der Waals surface area contributed by atoms with Crippen molar-refractivity contribution in [3.63, 3.8) is 0 Å². The Hall–Kier alpha value is -0.870. The SMILES string of the molecule is CCCC(C)C(NN)c1ccn(C)n1. The van der Waals surface area contributed by atoms with Crippen molar-refractivity contribution >= 4 is 0 Å². The summed E-state index contributed by atoms with van der Waals surface area (Å²) in [6, 6.07) is 2.17. The van der Waals surface area contributed by atoms with Gasteiger partial charge in [0.2, 0.25) is 0 Å². The van der Waals surface area contributed by atoms with Gasteiger partial charge in [-0.05, 0) is 18.4 Å². The van der Waals surface area contributed by atoms with Gasteiger partial charge in [0.1, 0.15) is 0 Å². The van der Waals surface area contributed by atoms with Crippen LogP contribution in [0, 0.1) is 5.92 Å². The minimum absolute atomic E-state index is 0.163. The molecule has 1 heterocycles. The Morgan fingerprint density at radius 2 is 2.36 bits per heavy atom. The molecule has 80 valence electrons. The fourth-order valence-corrected chi connectivity index (χ4v) is 1.76. The van der Waals surface area contributed by atoms with Crippen LogP contribution in [0.2, 0.25) is 0 Å². The van der Waals surface area contributed by atoms with E-state index in [-0.39, 0.29) is 6.04 Å². The molecule has 0 saturated heterocycles. The highest BCUT2D eigenvalue weighted by Crippen LogP contribution is 2.22. The molecule has 0 aliphatic heterocycles. The summed E-state index contributed by atoms with van der Waals surface area (Å²) in [4.78, 5) is 0. The number of rotatable bonds is 5. The summed E-state index contributed by atoms with van der Waals surface area (Å²) in [6.07, 6.45) is 4.27. The first-order valence-corrected chi connectivity index (χ1v) is 5.14. The lowest BCUT2D eigenvalue weighted by Crippen LogP contribution is -2.33. The van der Waals surface area contributed by atoms with Crippen LogP contribution in [-0.2, 0) is 7.05 Å². The predicted molar refractivity (Wildman–Crippen MR) is 57.3 cm³/mol. The fraction of sp³-hybridized carbons (Fsp3) is 0.700. The van der Waals surface area contributed by atoms with Gasteiger partial charge in [0.05, 0.1) is 11.7 Å². The maximum absolute atomic E-state index is 5.55. The number of aromatic nitrogens is 2. The van der Waals surface area contributed by atoms with E-state index in [0.29, 0.717) is 5.92 Å². The summed E-state index contributed by atoms with van der Waals surface area (Å²) in [5.74, 6) is 6.06. The van der Waals surface area contributed by atoms with Crippen LogP contribution in [0.3, 0.4) is 0 Å². The van der Waals surface area contributed by atoms with Crippen LogP contribution in [0.5, 0.6) is 0 Å².